The molecule has 1 aromatic heterocycles. The van der Waals surface area contributed by atoms with Crippen LogP contribution < -0.4 is 4.74 Å². The second kappa shape index (κ2) is 10.6. The van der Waals surface area contributed by atoms with Crippen molar-refractivity contribution in [2.24, 2.45) is 0 Å². The second-order valence-electron chi connectivity index (χ2n) is 7.85. The van der Waals surface area contributed by atoms with E-state index in [-0.39, 0.29) is 11.2 Å². The summed E-state index contributed by atoms with van der Waals surface area (Å²) in [5.74, 6) is 1.41. The monoisotopic (exact) mass is 485 g/mol. The van der Waals surface area contributed by atoms with Crippen LogP contribution in [-0.2, 0) is 4.79 Å². The van der Waals surface area contributed by atoms with Gasteiger partial charge in [0.05, 0.1) is 23.1 Å². The number of hydrogen-bond donors (Lipinski definition) is 0. The van der Waals surface area contributed by atoms with Crippen LogP contribution in [0.1, 0.15) is 13.8 Å². The normalized spacial score (nSPS) is 15.5. The van der Waals surface area contributed by atoms with Gasteiger partial charge in [0, 0.05) is 31.7 Å². The summed E-state index contributed by atoms with van der Waals surface area (Å²) in [5.41, 5.74) is 1.74. The summed E-state index contributed by atoms with van der Waals surface area (Å²) in [6.07, 6.45) is 0. The number of hydrogen-bond acceptors (Lipinski definition) is 6. The van der Waals surface area contributed by atoms with Gasteiger partial charge in [-0.1, -0.05) is 60.6 Å². The molecule has 1 aliphatic heterocycles. The molecule has 4 rings (SSSR count). The molecule has 174 valence electrons. The lowest BCUT2D eigenvalue weighted by atomic mass is 10.2. The zero-order valence-corrected chi connectivity index (χ0v) is 20.6. The highest BCUT2D eigenvalue weighted by molar-refractivity contribution is 8.00. The van der Waals surface area contributed by atoms with Crippen molar-refractivity contribution in [1.29, 1.82) is 0 Å². The summed E-state index contributed by atoms with van der Waals surface area (Å²) in [6.45, 7) is 8.44. The number of benzene rings is 2. The van der Waals surface area contributed by atoms with Crippen LogP contribution in [0, 0.1) is 0 Å². The Balaban J connectivity index is 1.64. The van der Waals surface area contributed by atoms with Crippen molar-refractivity contribution in [2.45, 2.75) is 24.3 Å². The molecule has 0 aliphatic carbocycles. The van der Waals surface area contributed by atoms with Gasteiger partial charge in [-0.3, -0.25) is 9.36 Å². The van der Waals surface area contributed by atoms with Crippen LogP contribution in [0.5, 0.6) is 5.75 Å². The molecule has 3 aromatic rings. The highest BCUT2D eigenvalue weighted by atomic mass is 35.5. The maximum Gasteiger partial charge on any atom is 0.235 e. The van der Waals surface area contributed by atoms with Crippen LogP contribution in [0.15, 0.2) is 53.7 Å². The maximum absolute atomic E-state index is 13.2. The third-order valence-corrected chi connectivity index (χ3v) is 7.15. The third kappa shape index (κ3) is 5.18. The van der Waals surface area contributed by atoms with E-state index < -0.39 is 0 Å². The molecule has 2 aromatic carbocycles. The molecule has 33 heavy (non-hydrogen) atoms. The van der Waals surface area contributed by atoms with Crippen LogP contribution in [0.4, 0.5) is 0 Å². The second-order valence-corrected chi connectivity index (χ2v) is 9.56. The van der Waals surface area contributed by atoms with E-state index in [1.165, 1.54) is 11.8 Å². The van der Waals surface area contributed by atoms with E-state index in [0.717, 1.165) is 44.0 Å². The van der Waals surface area contributed by atoms with Gasteiger partial charge in [0.15, 0.2) is 11.0 Å². The number of aromatic nitrogens is 3. The molecule has 0 radical (unpaired) electrons. The summed E-state index contributed by atoms with van der Waals surface area (Å²) in [6, 6.07) is 15.4. The van der Waals surface area contributed by atoms with E-state index in [9.17, 15) is 4.79 Å². The van der Waals surface area contributed by atoms with Crippen LogP contribution in [0.25, 0.3) is 17.1 Å². The molecule has 0 N–H and O–H groups in total. The number of nitrogens with zero attached hydrogens (tertiary/aromatic N) is 5. The Morgan fingerprint density at radius 1 is 1.12 bits per heavy atom. The number of likely N-dealkylation sites (N-methyl/N-ethyl adjacent to an activating group) is 1. The number of piperazine rings is 1. The smallest absolute Gasteiger partial charge is 0.235 e. The number of thioether (sulfide) groups is 1. The highest BCUT2D eigenvalue weighted by Gasteiger charge is 2.27. The first-order valence-electron chi connectivity index (χ1n) is 11.0. The average Bonchev–Trinajstić information content (AvgIpc) is 3.27. The van der Waals surface area contributed by atoms with Gasteiger partial charge < -0.3 is 14.5 Å². The Bertz CT molecular complexity index is 1100. The average molecular weight is 486 g/mol. The molecule has 1 atom stereocenters. The molecule has 1 saturated heterocycles. The number of carbonyl (C=O) groups is 1. The zero-order chi connectivity index (χ0) is 23.4. The van der Waals surface area contributed by atoms with Gasteiger partial charge in [-0.15, -0.1) is 10.2 Å². The van der Waals surface area contributed by atoms with Crippen molar-refractivity contribution in [3.05, 3.63) is 53.6 Å². The van der Waals surface area contributed by atoms with E-state index in [4.69, 9.17) is 16.3 Å². The molecule has 9 heteroatoms. The Morgan fingerprint density at radius 2 is 1.85 bits per heavy atom. The predicted octanol–water partition coefficient (Wildman–Crippen LogP) is 4.24. The molecule has 2 heterocycles. The number of halogens is 1. The molecule has 0 spiro atoms. The number of carbonyl (C=O) groups excluding carboxylic acids is 1. The van der Waals surface area contributed by atoms with Crippen molar-refractivity contribution in [1.82, 2.24) is 24.6 Å². The quantitative estimate of drug-likeness (QED) is 0.466. The lowest BCUT2D eigenvalue weighted by Crippen LogP contribution is -2.50. The highest BCUT2D eigenvalue weighted by Crippen LogP contribution is 2.34. The Labute approximate surface area is 203 Å². The largest absolute Gasteiger partial charge is 0.495 e. The molecule has 1 aliphatic rings. The van der Waals surface area contributed by atoms with Gasteiger partial charge in [-0.25, -0.2) is 0 Å². The lowest BCUT2D eigenvalue weighted by molar-refractivity contribution is -0.132. The first-order chi connectivity index (χ1) is 16.0. The fourth-order valence-corrected chi connectivity index (χ4v) is 5.10. The Kier molecular flexibility index (Phi) is 7.57. The van der Waals surface area contributed by atoms with Crippen LogP contribution >= 0.6 is 23.4 Å². The molecule has 0 saturated carbocycles. The van der Waals surface area contributed by atoms with Gasteiger partial charge >= 0.3 is 0 Å². The summed E-state index contributed by atoms with van der Waals surface area (Å²) < 4.78 is 7.26. The van der Waals surface area contributed by atoms with Crippen molar-refractivity contribution in [3.63, 3.8) is 0 Å². The van der Waals surface area contributed by atoms with Crippen LogP contribution in [-0.4, -0.2) is 75.6 Å². The van der Waals surface area contributed by atoms with E-state index in [1.54, 1.807) is 7.11 Å². The Morgan fingerprint density at radius 3 is 2.48 bits per heavy atom. The van der Waals surface area contributed by atoms with E-state index in [1.807, 2.05) is 64.9 Å². The Hall–Kier alpha value is -2.55. The van der Waals surface area contributed by atoms with E-state index in [2.05, 4.69) is 22.0 Å². The summed E-state index contributed by atoms with van der Waals surface area (Å²) in [7, 11) is 1.59. The molecular formula is C24H28ClN5O2S. The van der Waals surface area contributed by atoms with Gasteiger partial charge in [0.25, 0.3) is 0 Å². The van der Waals surface area contributed by atoms with Crippen LogP contribution in [0.3, 0.4) is 0 Å². The molecule has 0 bridgehead atoms. The molecular weight excluding hydrogens is 458 g/mol. The fourth-order valence-electron chi connectivity index (χ4n) is 3.90. The third-order valence-electron chi connectivity index (χ3n) is 5.82. The minimum Gasteiger partial charge on any atom is -0.495 e. The van der Waals surface area contributed by atoms with Gasteiger partial charge in [0.2, 0.25) is 5.91 Å². The SMILES string of the molecule is CCN1CCN(C(=O)C(C)Sc2nnc(-c3ccccc3)n2-c2ccc(OC)c(Cl)c2)CC1. The predicted molar refractivity (Wildman–Crippen MR) is 132 cm³/mol. The van der Waals surface area contributed by atoms with Crippen molar-refractivity contribution < 1.29 is 9.53 Å². The van der Waals surface area contributed by atoms with Gasteiger partial charge in [-0.05, 0) is 31.7 Å². The zero-order valence-electron chi connectivity index (χ0n) is 19.1. The van der Waals surface area contributed by atoms with Crippen molar-refractivity contribution in [3.8, 4) is 22.8 Å². The molecule has 1 amide bonds. The standard InChI is InChI=1S/C24H28ClN5O2S/c1-4-28-12-14-29(15-13-28)23(31)17(2)33-24-27-26-22(18-8-6-5-7-9-18)30(24)19-10-11-21(32-3)20(25)16-19/h5-11,16-17H,4,12-15H2,1-3H3. The fraction of sp³-hybridized carbons (Fsp3) is 0.375. The number of methoxy groups -OCH3 is 1. The van der Waals surface area contributed by atoms with Gasteiger partial charge in [-0.2, -0.15) is 0 Å². The number of rotatable bonds is 7. The topological polar surface area (TPSA) is 63.5 Å². The molecule has 1 fully saturated rings. The van der Waals surface area contributed by atoms with E-state index >= 15 is 0 Å². The minimum atomic E-state index is -0.293. The molecule has 7 nitrogen and oxygen atoms in total. The minimum absolute atomic E-state index is 0.124. The number of ether oxygens (including phenoxy) is 1. The summed E-state index contributed by atoms with van der Waals surface area (Å²) in [5, 5.41) is 9.77. The first kappa shape index (κ1) is 23.6. The molecule has 1 unspecified atom stereocenters. The number of amides is 1. The van der Waals surface area contributed by atoms with E-state index in [0.29, 0.717) is 21.8 Å². The van der Waals surface area contributed by atoms with Crippen molar-refractivity contribution in [2.75, 3.05) is 39.8 Å². The van der Waals surface area contributed by atoms with Crippen molar-refractivity contribution >= 4 is 29.3 Å². The maximum atomic E-state index is 13.2. The first-order valence-corrected chi connectivity index (χ1v) is 12.3. The summed E-state index contributed by atoms with van der Waals surface area (Å²) in [4.78, 5) is 17.5. The lowest BCUT2D eigenvalue weighted by Gasteiger charge is -2.35. The van der Waals surface area contributed by atoms with Gasteiger partial charge in [0.1, 0.15) is 5.75 Å². The summed E-state index contributed by atoms with van der Waals surface area (Å²) >= 11 is 7.84. The van der Waals surface area contributed by atoms with Crippen LogP contribution in [0.2, 0.25) is 5.02 Å².